The molecule has 0 bridgehead atoms. The van der Waals surface area contributed by atoms with Crippen molar-refractivity contribution in [2.75, 3.05) is 13.1 Å². The number of hydrogen-bond acceptors (Lipinski definition) is 5. The van der Waals surface area contributed by atoms with Crippen molar-refractivity contribution in [1.29, 1.82) is 5.26 Å². The van der Waals surface area contributed by atoms with Gasteiger partial charge in [-0.2, -0.15) is 5.26 Å². The summed E-state index contributed by atoms with van der Waals surface area (Å²) in [4.78, 5) is 12.8. The number of nitro groups is 1. The minimum atomic E-state index is -0.446. The Kier molecular flexibility index (Phi) is 3.69. The molecule has 2 heterocycles. The van der Waals surface area contributed by atoms with Gasteiger partial charge in [-0.05, 0) is 23.8 Å². The summed E-state index contributed by atoms with van der Waals surface area (Å²) >= 11 is 3.39. The second-order valence-electron chi connectivity index (χ2n) is 4.80. The molecule has 0 aromatic heterocycles. The Bertz CT molecular complexity index is 772. The molecule has 6 nitrogen and oxygen atoms in total. The van der Waals surface area contributed by atoms with Crippen LogP contribution in [-0.4, -0.2) is 22.9 Å². The Balaban J connectivity index is 2.15. The van der Waals surface area contributed by atoms with E-state index in [-0.39, 0.29) is 5.70 Å². The van der Waals surface area contributed by atoms with E-state index in [9.17, 15) is 10.1 Å². The number of benzene rings is 1. The standard InChI is InChI=1S/C15H11BrN4O2/c16-12-3-1-10(2-4-12)13-9-11(5-6-17)14(20(21)22)15-18-7-8-19(13)15/h1-5,9,18H,7-8H2. The highest BCUT2D eigenvalue weighted by Gasteiger charge is 2.36. The monoisotopic (exact) mass is 358 g/mol. The SMILES string of the molecule is N#CC=C1C=C(c2ccc(Br)cc2)N2CCNC2=C1[N+](=O)[O-]. The molecule has 0 aliphatic carbocycles. The summed E-state index contributed by atoms with van der Waals surface area (Å²) in [6.07, 6.45) is 2.91. The van der Waals surface area contributed by atoms with Crippen LogP contribution in [0.5, 0.6) is 0 Å². The number of nitriles is 1. The average molecular weight is 359 g/mol. The second-order valence-corrected chi connectivity index (χ2v) is 5.71. The van der Waals surface area contributed by atoms with Gasteiger partial charge >= 0.3 is 5.70 Å². The van der Waals surface area contributed by atoms with Crippen LogP contribution < -0.4 is 5.32 Å². The van der Waals surface area contributed by atoms with Gasteiger partial charge in [0.05, 0.1) is 22.3 Å². The van der Waals surface area contributed by atoms with E-state index in [0.717, 1.165) is 15.7 Å². The third kappa shape index (κ3) is 2.38. The average Bonchev–Trinajstić information content (AvgIpc) is 2.96. The van der Waals surface area contributed by atoms with Crippen LogP contribution in [0.2, 0.25) is 0 Å². The molecule has 3 rings (SSSR count). The van der Waals surface area contributed by atoms with Gasteiger partial charge in [0.15, 0.2) is 5.82 Å². The Hall–Kier alpha value is -2.59. The second kappa shape index (κ2) is 5.66. The van der Waals surface area contributed by atoms with E-state index < -0.39 is 4.92 Å². The number of allylic oxidation sites excluding steroid dienone is 2. The highest BCUT2D eigenvalue weighted by molar-refractivity contribution is 9.10. The van der Waals surface area contributed by atoms with Gasteiger partial charge < -0.3 is 10.2 Å². The smallest absolute Gasteiger partial charge is 0.317 e. The molecule has 0 radical (unpaired) electrons. The van der Waals surface area contributed by atoms with Gasteiger partial charge in [0.25, 0.3) is 0 Å². The van der Waals surface area contributed by atoms with Crippen LogP contribution in [0.3, 0.4) is 0 Å². The summed E-state index contributed by atoms with van der Waals surface area (Å²) in [6, 6.07) is 9.59. The van der Waals surface area contributed by atoms with E-state index in [0.29, 0.717) is 24.5 Å². The number of nitrogens with one attached hydrogen (secondary N) is 1. The molecule has 1 saturated heterocycles. The molecule has 7 heteroatoms. The molecule has 1 aromatic rings. The lowest BCUT2D eigenvalue weighted by atomic mass is 10.0. The summed E-state index contributed by atoms with van der Waals surface area (Å²) in [7, 11) is 0. The zero-order chi connectivity index (χ0) is 15.7. The van der Waals surface area contributed by atoms with Crippen molar-refractivity contribution in [3.05, 3.63) is 73.7 Å². The first-order valence-corrected chi connectivity index (χ1v) is 7.39. The fourth-order valence-corrected chi connectivity index (χ4v) is 2.87. The molecule has 2 aliphatic rings. The molecule has 0 spiro atoms. The Morgan fingerprint density at radius 1 is 1.41 bits per heavy atom. The maximum atomic E-state index is 11.4. The van der Waals surface area contributed by atoms with Crippen LogP contribution in [0, 0.1) is 21.4 Å². The Morgan fingerprint density at radius 2 is 2.14 bits per heavy atom. The molecule has 2 aliphatic heterocycles. The van der Waals surface area contributed by atoms with Crippen LogP contribution in [-0.2, 0) is 0 Å². The number of halogens is 1. The zero-order valence-corrected chi connectivity index (χ0v) is 13.0. The minimum Gasteiger partial charge on any atom is -0.364 e. The van der Waals surface area contributed by atoms with Crippen LogP contribution in [0.25, 0.3) is 5.70 Å². The highest BCUT2D eigenvalue weighted by atomic mass is 79.9. The van der Waals surface area contributed by atoms with Gasteiger partial charge in [0.1, 0.15) is 0 Å². The predicted octanol–water partition coefficient (Wildman–Crippen LogP) is 2.60. The quantitative estimate of drug-likeness (QED) is 0.499. The topological polar surface area (TPSA) is 82.2 Å². The molecule has 0 unspecified atom stereocenters. The van der Waals surface area contributed by atoms with Crippen molar-refractivity contribution in [3.63, 3.8) is 0 Å². The normalized spacial score (nSPS) is 18.6. The Morgan fingerprint density at radius 3 is 2.77 bits per heavy atom. The molecule has 110 valence electrons. The molecule has 0 atom stereocenters. The first-order chi connectivity index (χ1) is 10.6. The van der Waals surface area contributed by atoms with Crippen molar-refractivity contribution in [2.45, 2.75) is 0 Å². The molecule has 0 saturated carbocycles. The molecule has 1 fully saturated rings. The van der Waals surface area contributed by atoms with Crippen molar-refractivity contribution >= 4 is 21.6 Å². The van der Waals surface area contributed by atoms with Crippen LogP contribution in [0.1, 0.15) is 5.56 Å². The zero-order valence-electron chi connectivity index (χ0n) is 11.4. The summed E-state index contributed by atoms with van der Waals surface area (Å²) in [5, 5.41) is 23.3. The maximum Gasteiger partial charge on any atom is 0.317 e. The number of nitrogens with zero attached hydrogens (tertiary/aromatic N) is 3. The van der Waals surface area contributed by atoms with Crippen molar-refractivity contribution in [2.24, 2.45) is 0 Å². The third-order valence-electron chi connectivity index (χ3n) is 3.52. The van der Waals surface area contributed by atoms with E-state index in [1.807, 2.05) is 35.2 Å². The van der Waals surface area contributed by atoms with Gasteiger partial charge in [-0.1, -0.05) is 28.1 Å². The van der Waals surface area contributed by atoms with E-state index in [4.69, 9.17) is 5.26 Å². The van der Waals surface area contributed by atoms with Crippen LogP contribution in [0.15, 0.2) is 58.0 Å². The summed E-state index contributed by atoms with van der Waals surface area (Å²) in [5.41, 5.74) is 2.04. The number of rotatable bonds is 2. The number of hydrogen-bond donors (Lipinski definition) is 1. The van der Waals surface area contributed by atoms with Crippen molar-refractivity contribution in [1.82, 2.24) is 10.2 Å². The summed E-state index contributed by atoms with van der Waals surface area (Å²) < 4.78 is 0.960. The van der Waals surface area contributed by atoms with Gasteiger partial charge in [-0.15, -0.1) is 0 Å². The third-order valence-corrected chi connectivity index (χ3v) is 4.05. The first-order valence-electron chi connectivity index (χ1n) is 6.59. The summed E-state index contributed by atoms with van der Waals surface area (Å²) in [5.74, 6) is 0.451. The first kappa shape index (κ1) is 14.4. The van der Waals surface area contributed by atoms with Crippen LogP contribution in [0.4, 0.5) is 0 Å². The predicted molar refractivity (Wildman–Crippen MR) is 84.5 cm³/mol. The van der Waals surface area contributed by atoms with Gasteiger partial charge in [0.2, 0.25) is 0 Å². The van der Waals surface area contributed by atoms with Gasteiger partial charge in [0, 0.05) is 23.6 Å². The molecule has 22 heavy (non-hydrogen) atoms. The Labute approximate surface area is 135 Å². The fourth-order valence-electron chi connectivity index (χ4n) is 2.61. The lowest BCUT2D eigenvalue weighted by Gasteiger charge is -2.26. The number of fused-ring (bicyclic) bond motifs is 1. The van der Waals surface area contributed by atoms with Gasteiger partial charge in [-0.3, -0.25) is 10.1 Å². The largest absolute Gasteiger partial charge is 0.364 e. The highest BCUT2D eigenvalue weighted by Crippen LogP contribution is 2.35. The molecular formula is C15H11BrN4O2. The molecular weight excluding hydrogens is 348 g/mol. The van der Waals surface area contributed by atoms with Crippen LogP contribution >= 0.6 is 15.9 Å². The van der Waals surface area contributed by atoms with E-state index in [2.05, 4.69) is 21.2 Å². The summed E-state index contributed by atoms with van der Waals surface area (Å²) in [6.45, 7) is 1.27. The fraction of sp³-hybridized carbons (Fsp3) is 0.133. The van der Waals surface area contributed by atoms with E-state index in [1.54, 1.807) is 6.08 Å². The van der Waals surface area contributed by atoms with Crippen molar-refractivity contribution < 1.29 is 4.92 Å². The lowest BCUT2D eigenvalue weighted by molar-refractivity contribution is -0.422. The van der Waals surface area contributed by atoms with E-state index >= 15 is 0 Å². The van der Waals surface area contributed by atoms with E-state index in [1.165, 1.54) is 6.08 Å². The van der Waals surface area contributed by atoms with Crippen molar-refractivity contribution in [3.8, 4) is 6.07 Å². The lowest BCUT2D eigenvalue weighted by Crippen LogP contribution is -2.27. The van der Waals surface area contributed by atoms with Gasteiger partial charge in [-0.25, -0.2) is 0 Å². The maximum absolute atomic E-state index is 11.4. The molecule has 0 amide bonds. The molecule has 1 N–H and O–H groups in total. The molecule has 1 aromatic carbocycles. The minimum absolute atomic E-state index is 0.0556.